The first-order valence-corrected chi connectivity index (χ1v) is 8.88. The summed E-state index contributed by atoms with van der Waals surface area (Å²) in [7, 11) is -3.31. The lowest BCUT2D eigenvalue weighted by Crippen LogP contribution is -2.38. The van der Waals surface area contributed by atoms with Gasteiger partial charge in [-0.15, -0.1) is 0 Å². The van der Waals surface area contributed by atoms with Crippen LogP contribution < -0.4 is 9.62 Å². The van der Waals surface area contributed by atoms with E-state index in [1.54, 1.807) is 25.1 Å². The number of rotatable bonds is 7. The fourth-order valence-corrected chi connectivity index (χ4v) is 3.51. The molecule has 0 spiro atoms. The number of anilines is 1. The number of sulfonamides is 1. The second-order valence-corrected chi connectivity index (χ2v) is 7.19. The lowest BCUT2D eigenvalue weighted by atomic mass is 10.2. The monoisotopic (exact) mass is 352 g/mol. The maximum absolute atomic E-state index is 11.8. The third-order valence-electron chi connectivity index (χ3n) is 2.72. The summed E-state index contributed by atoms with van der Waals surface area (Å²) in [5.41, 5.74) is 0.392. The number of benzene rings is 1. The van der Waals surface area contributed by atoms with Gasteiger partial charge in [0.1, 0.15) is 0 Å². The van der Waals surface area contributed by atoms with Gasteiger partial charge in [-0.2, -0.15) is 0 Å². The molecule has 1 aromatic rings. The van der Waals surface area contributed by atoms with Crippen molar-refractivity contribution in [2.24, 2.45) is 0 Å². The predicted molar refractivity (Wildman–Crippen MR) is 86.6 cm³/mol. The number of hydrogen-bond donors (Lipinski definition) is 1. The minimum absolute atomic E-state index is 0.0555. The van der Waals surface area contributed by atoms with Gasteiger partial charge in [-0.3, -0.25) is 4.79 Å². The molecular weight excluding hydrogens is 335 g/mol. The average molecular weight is 353 g/mol. The molecule has 8 heteroatoms. The summed E-state index contributed by atoms with van der Waals surface area (Å²) in [4.78, 5) is 13.1. The summed E-state index contributed by atoms with van der Waals surface area (Å²) < 4.78 is 25.6. The summed E-state index contributed by atoms with van der Waals surface area (Å²) >= 11 is 12.1. The largest absolute Gasteiger partial charge is 0.309 e. The van der Waals surface area contributed by atoms with Crippen LogP contribution in [-0.4, -0.2) is 33.2 Å². The third-order valence-corrected chi connectivity index (χ3v) is 4.92. The van der Waals surface area contributed by atoms with Gasteiger partial charge < -0.3 is 4.90 Å². The van der Waals surface area contributed by atoms with Crippen molar-refractivity contribution < 1.29 is 13.2 Å². The van der Waals surface area contributed by atoms with Crippen molar-refractivity contribution in [1.29, 1.82) is 0 Å². The van der Waals surface area contributed by atoms with Gasteiger partial charge in [-0.25, -0.2) is 13.1 Å². The van der Waals surface area contributed by atoms with Crippen LogP contribution in [0.15, 0.2) is 18.2 Å². The van der Waals surface area contributed by atoms with Crippen LogP contribution in [-0.2, 0) is 14.8 Å². The predicted octanol–water partition coefficient (Wildman–Crippen LogP) is 2.68. The van der Waals surface area contributed by atoms with Crippen molar-refractivity contribution in [3.63, 3.8) is 0 Å². The number of nitrogens with one attached hydrogen (secondary N) is 1. The maximum atomic E-state index is 11.8. The first-order chi connectivity index (χ1) is 9.78. The lowest BCUT2D eigenvalue weighted by Gasteiger charge is -2.23. The van der Waals surface area contributed by atoms with Gasteiger partial charge in [-0.1, -0.05) is 36.2 Å². The summed E-state index contributed by atoms with van der Waals surface area (Å²) in [6, 6.07) is 4.93. The zero-order valence-corrected chi connectivity index (χ0v) is 14.2. The van der Waals surface area contributed by atoms with E-state index in [2.05, 4.69) is 4.72 Å². The molecule has 0 saturated carbocycles. The second-order valence-electron chi connectivity index (χ2n) is 4.45. The number of carbonyl (C=O) groups excluding carboxylic acids is 1. The van der Waals surface area contributed by atoms with Crippen LogP contribution >= 0.6 is 23.2 Å². The third kappa shape index (κ3) is 5.47. The van der Waals surface area contributed by atoms with E-state index < -0.39 is 10.0 Å². The van der Waals surface area contributed by atoms with Gasteiger partial charge in [0.15, 0.2) is 0 Å². The Labute approximate surface area is 135 Å². The Balaban J connectivity index is 2.83. The fraction of sp³-hybridized carbons (Fsp3) is 0.462. The van der Waals surface area contributed by atoms with Crippen molar-refractivity contribution in [3.05, 3.63) is 28.2 Å². The topological polar surface area (TPSA) is 66.5 Å². The van der Waals surface area contributed by atoms with E-state index in [1.165, 1.54) is 11.8 Å². The Kier molecular flexibility index (Phi) is 6.93. The summed E-state index contributed by atoms with van der Waals surface area (Å²) in [6.45, 7) is 3.41. The van der Waals surface area contributed by atoms with Crippen LogP contribution in [0.5, 0.6) is 0 Å². The lowest BCUT2D eigenvalue weighted by molar-refractivity contribution is -0.116. The normalized spacial score (nSPS) is 11.4. The number of amides is 1. The number of nitrogens with zero attached hydrogens (tertiary/aromatic N) is 1. The Morgan fingerprint density at radius 2 is 1.86 bits per heavy atom. The number of para-hydroxylation sites is 1. The number of halogens is 2. The van der Waals surface area contributed by atoms with E-state index in [0.717, 1.165) is 0 Å². The van der Waals surface area contributed by atoms with E-state index in [9.17, 15) is 13.2 Å². The van der Waals surface area contributed by atoms with Crippen molar-refractivity contribution >= 4 is 44.8 Å². The minimum Gasteiger partial charge on any atom is -0.309 e. The van der Waals surface area contributed by atoms with Crippen LogP contribution in [0.1, 0.15) is 20.3 Å². The van der Waals surface area contributed by atoms with Gasteiger partial charge in [-0.05, 0) is 18.6 Å². The summed E-state index contributed by atoms with van der Waals surface area (Å²) in [5.74, 6) is -0.209. The minimum atomic E-state index is -3.31. The van der Waals surface area contributed by atoms with E-state index >= 15 is 0 Å². The molecule has 0 aromatic heterocycles. The molecule has 0 radical (unpaired) electrons. The molecule has 0 saturated heterocycles. The van der Waals surface area contributed by atoms with E-state index in [-0.39, 0.29) is 24.7 Å². The summed E-state index contributed by atoms with van der Waals surface area (Å²) in [5, 5.41) is 0.684. The van der Waals surface area contributed by atoms with Crippen LogP contribution in [0.4, 0.5) is 5.69 Å². The van der Waals surface area contributed by atoms with E-state index in [1.807, 2.05) is 0 Å². The molecule has 5 nitrogen and oxygen atoms in total. The van der Waals surface area contributed by atoms with E-state index in [0.29, 0.717) is 22.2 Å². The van der Waals surface area contributed by atoms with Crippen molar-refractivity contribution in [1.82, 2.24) is 4.72 Å². The first kappa shape index (κ1) is 18.2. The Bertz CT molecular complexity index is 585. The molecule has 1 amide bonds. The first-order valence-electron chi connectivity index (χ1n) is 6.48. The smallest absolute Gasteiger partial charge is 0.223 e. The molecule has 0 aliphatic heterocycles. The average Bonchev–Trinajstić information content (AvgIpc) is 2.36. The highest BCUT2D eigenvalue weighted by Gasteiger charge is 2.18. The van der Waals surface area contributed by atoms with Gasteiger partial charge in [0.05, 0.1) is 21.5 Å². The Morgan fingerprint density at radius 3 is 2.33 bits per heavy atom. The quantitative estimate of drug-likeness (QED) is 0.820. The molecule has 1 N–H and O–H groups in total. The maximum Gasteiger partial charge on any atom is 0.223 e. The fourth-order valence-electron chi connectivity index (χ4n) is 1.83. The highest BCUT2D eigenvalue weighted by molar-refractivity contribution is 7.89. The molecule has 0 atom stereocenters. The molecule has 0 bridgehead atoms. The molecule has 0 aliphatic rings. The second kappa shape index (κ2) is 7.98. The molecule has 0 unspecified atom stereocenters. The zero-order valence-electron chi connectivity index (χ0n) is 11.9. The van der Waals surface area contributed by atoms with Crippen LogP contribution in [0.3, 0.4) is 0 Å². The summed E-state index contributed by atoms with van der Waals surface area (Å²) in [6.07, 6.45) is 0.530. The molecule has 1 rings (SSSR count). The number of carbonyl (C=O) groups is 1. The standard InChI is InChI=1S/C13H18Cl2N2O3S/c1-3-9-21(19,20)16-7-8-17(10(2)18)13-11(14)5-4-6-12(13)15/h4-6,16H,3,7-9H2,1-2H3. The molecule has 21 heavy (non-hydrogen) atoms. The molecule has 118 valence electrons. The molecule has 0 fully saturated rings. The molecular formula is C13H18Cl2N2O3S. The number of hydrogen-bond acceptors (Lipinski definition) is 3. The van der Waals surface area contributed by atoms with Crippen molar-refractivity contribution in [2.75, 3.05) is 23.7 Å². The molecule has 0 heterocycles. The Hall–Kier alpha value is -0.820. The van der Waals surface area contributed by atoms with Gasteiger partial charge in [0.2, 0.25) is 15.9 Å². The highest BCUT2D eigenvalue weighted by atomic mass is 35.5. The van der Waals surface area contributed by atoms with Gasteiger partial charge in [0.25, 0.3) is 0 Å². The van der Waals surface area contributed by atoms with Crippen molar-refractivity contribution in [3.8, 4) is 0 Å². The van der Waals surface area contributed by atoms with Crippen LogP contribution in [0.25, 0.3) is 0 Å². The zero-order chi connectivity index (χ0) is 16.0. The van der Waals surface area contributed by atoms with Gasteiger partial charge >= 0.3 is 0 Å². The molecule has 0 aliphatic carbocycles. The Morgan fingerprint density at radius 1 is 1.29 bits per heavy atom. The van der Waals surface area contributed by atoms with Crippen LogP contribution in [0.2, 0.25) is 10.0 Å². The highest BCUT2D eigenvalue weighted by Crippen LogP contribution is 2.33. The van der Waals surface area contributed by atoms with E-state index in [4.69, 9.17) is 23.2 Å². The molecule has 1 aromatic carbocycles. The van der Waals surface area contributed by atoms with Gasteiger partial charge in [0, 0.05) is 20.0 Å². The van der Waals surface area contributed by atoms with Crippen molar-refractivity contribution in [2.45, 2.75) is 20.3 Å². The SMILES string of the molecule is CCCS(=O)(=O)NCCN(C(C)=O)c1c(Cl)cccc1Cl. The van der Waals surface area contributed by atoms with Crippen LogP contribution in [0, 0.1) is 0 Å².